The van der Waals surface area contributed by atoms with Gasteiger partial charge in [-0.3, -0.25) is 4.90 Å². The molecule has 5 nitrogen and oxygen atoms in total. The number of piperidine rings is 1. The molecule has 4 rings (SSSR count). The van der Waals surface area contributed by atoms with Crippen molar-refractivity contribution in [2.75, 3.05) is 45.9 Å². The second-order valence-electron chi connectivity index (χ2n) is 8.92. The minimum absolute atomic E-state index is 0.131. The van der Waals surface area contributed by atoms with Gasteiger partial charge < -0.3 is 19.5 Å². The molecule has 1 atom stereocenters. The Balaban J connectivity index is 1.21. The third kappa shape index (κ3) is 5.47. The molecule has 2 heterocycles. The van der Waals surface area contributed by atoms with Gasteiger partial charge in [0.2, 0.25) is 0 Å². The highest BCUT2D eigenvalue weighted by molar-refractivity contribution is 5.27. The van der Waals surface area contributed by atoms with Crippen molar-refractivity contribution in [1.82, 2.24) is 9.80 Å². The molecule has 1 aliphatic carbocycles. The maximum atomic E-state index is 10.2. The monoisotopic (exact) mass is 388 g/mol. The van der Waals surface area contributed by atoms with E-state index in [-0.39, 0.29) is 5.60 Å². The molecule has 1 unspecified atom stereocenters. The normalized spacial score (nSPS) is 24.5. The summed E-state index contributed by atoms with van der Waals surface area (Å²) in [6.07, 6.45) is 8.45. The van der Waals surface area contributed by atoms with Gasteiger partial charge in [0.25, 0.3) is 0 Å². The van der Waals surface area contributed by atoms with Gasteiger partial charge in [-0.05, 0) is 56.5 Å². The number of hydrogen-bond donors (Lipinski definition) is 1. The molecule has 2 aliphatic heterocycles. The van der Waals surface area contributed by atoms with E-state index in [0.717, 1.165) is 51.6 Å². The van der Waals surface area contributed by atoms with Crippen molar-refractivity contribution in [3.05, 3.63) is 29.8 Å². The summed E-state index contributed by atoms with van der Waals surface area (Å²) in [6.45, 7) is 7.21. The SMILES string of the molecule is OC(COc1ccc(CN2CCOC3(CCCC3)C2)cc1)CN1CCCCC1. The van der Waals surface area contributed by atoms with Gasteiger partial charge >= 0.3 is 0 Å². The lowest BCUT2D eigenvalue weighted by atomic mass is 9.99. The zero-order valence-corrected chi connectivity index (χ0v) is 17.2. The number of β-amino-alcohol motifs (C(OH)–C–C–N with tert-alkyl or cyclic N) is 1. The van der Waals surface area contributed by atoms with Crippen LogP contribution in [0.2, 0.25) is 0 Å². The largest absolute Gasteiger partial charge is 0.491 e. The summed E-state index contributed by atoms with van der Waals surface area (Å²) in [5, 5.41) is 10.2. The molecule has 28 heavy (non-hydrogen) atoms. The Kier molecular flexibility index (Phi) is 6.89. The molecule has 1 saturated carbocycles. The summed E-state index contributed by atoms with van der Waals surface area (Å²) in [5.74, 6) is 0.843. The molecule has 156 valence electrons. The Morgan fingerprint density at radius 1 is 0.964 bits per heavy atom. The standard InChI is InChI=1S/C23H36N2O3/c26-21(17-24-12-4-1-5-13-24)18-27-22-8-6-20(7-9-22)16-25-14-15-28-23(19-25)10-2-3-11-23/h6-9,21,26H,1-5,10-19H2. The van der Waals surface area contributed by atoms with Gasteiger partial charge in [-0.1, -0.05) is 31.4 Å². The van der Waals surface area contributed by atoms with Crippen LogP contribution in [0.25, 0.3) is 0 Å². The van der Waals surface area contributed by atoms with Crippen LogP contribution in [0.3, 0.4) is 0 Å². The third-order valence-electron chi connectivity index (χ3n) is 6.53. The fourth-order valence-corrected chi connectivity index (χ4v) is 5.01. The molecular weight excluding hydrogens is 352 g/mol. The second-order valence-corrected chi connectivity index (χ2v) is 8.92. The number of aliphatic hydroxyl groups is 1. The fraction of sp³-hybridized carbons (Fsp3) is 0.739. The van der Waals surface area contributed by atoms with E-state index < -0.39 is 6.10 Å². The Hall–Kier alpha value is -1.14. The van der Waals surface area contributed by atoms with Crippen LogP contribution >= 0.6 is 0 Å². The van der Waals surface area contributed by atoms with Crippen LogP contribution in [-0.4, -0.2) is 72.5 Å². The lowest BCUT2D eigenvalue weighted by molar-refractivity contribution is -0.107. The summed E-state index contributed by atoms with van der Waals surface area (Å²) >= 11 is 0. The van der Waals surface area contributed by atoms with Gasteiger partial charge in [0.1, 0.15) is 18.5 Å². The molecule has 0 radical (unpaired) electrons. The molecule has 3 aliphatic rings. The first-order chi connectivity index (χ1) is 13.7. The highest BCUT2D eigenvalue weighted by Gasteiger charge is 2.39. The highest BCUT2D eigenvalue weighted by atomic mass is 16.5. The summed E-state index contributed by atoms with van der Waals surface area (Å²) < 4.78 is 12.0. The van der Waals surface area contributed by atoms with Gasteiger partial charge in [-0.25, -0.2) is 0 Å². The fourth-order valence-electron chi connectivity index (χ4n) is 5.01. The molecule has 1 spiro atoms. The Bertz CT molecular complexity index is 594. The Labute approximate surface area is 169 Å². The summed E-state index contributed by atoms with van der Waals surface area (Å²) in [4.78, 5) is 4.88. The number of aliphatic hydroxyl groups excluding tert-OH is 1. The van der Waals surface area contributed by atoms with Crippen LogP contribution in [-0.2, 0) is 11.3 Å². The minimum atomic E-state index is -0.422. The van der Waals surface area contributed by atoms with E-state index in [0.29, 0.717) is 6.61 Å². The van der Waals surface area contributed by atoms with E-state index in [2.05, 4.69) is 21.9 Å². The van der Waals surface area contributed by atoms with E-state index in [1.54, 1.807) is 0 Å². The van der Waals surface area contributed by atoms with Crippen molar-refractivity contribution in [3.63, 3.8) is 0 Å². The quantitative estimate of drug-likeness (QED) is 0.778. The second kappa shape index (κ2) is 9.57. The van der Waals surface area contributed by atoms with Crippen LogP contribution < -0.4 is 4.74 Å². The van der Waals surface area contributed by atoms with Crippen molar-refractivity contribution >= 4 is 0 Å². The number of hydrogen-bond acceptors (Lipinski definition) is 5. The van der Waals surface area contributed by atoms with E-state index >= 15 is 0 Å². The van der Waals surface area contributed by atoms with E-state index in [1.807, 2.05) is 12.1 Å². The summed E-state index contributed by atoms with van der Waals surface area (Å²) in [6, 6.07) is 8.38. The molecular formula is C23H36N2O3. The van der Waals surface area contributed by atoms with Crippen LogP contribution in [0.4, 0.5) is 0 Å². The zero-order valence-electron chi connectivity index (χ0n) is 17.2. The van der Waals surface area contributed by atoms with Gasteiger partial charge in [-0.2, -0.15) is 0 Å². The summed E-state index contributed by atoms with van der Waals surface area (Å²) in [5.41, 5.74) is 1.45. The number of likely N-dealkylation sites (tertiary alicyclic amines) is 1. The lowest BCUT2D eigenvalue weighted by Gasteiger charge is -2.40. The molecule has 3 fully saturated rings. The topological polar surface area (TPSA) is 45.2 Å². The lowest BCUT2D eigenvalue weighted by Crippen LogP contribution is -2.49. The van der Waals surface area contributed by atoms with E-state index in [4.69, 9.17) is 9.47 Å². The molecule has 0 aromatic heterocycles. The maximum absolute atomic E-state index is 10.2. The van der Waals surface area contributed by atoms with Crippen LogP contribution in [0.5, 0.6) is 5.75 Å². The van der Waals surface area contributed by atoms with Crippen LogP contribution in [0, 0.1) is 0 Å². The average molecular weight is 389 g/mol. The minimum Gasteiger partial charge on any atom is -0.491 e. The van der Waals surface area contributed by atoms with E-state index in [1.165, 1.54) is 50.5 Å². The van der Waals surface area contributed by atoms with Crippen molar-refractivity contribution in [2.45, 2.75) is 63.2 Å². The van der Waals surface area contributed by atoms with Crippen molar-refractivity contribution in [1.29, 1.82) is 0 Å². The van der Waals surface area contributed by atoms with Gasteiger partial charge in [0, 0.05) is 26.2 Å². The van der Waals surface area contributed by atoms with Crippen molar-refractivity contribution in [3.8, 4) is 5.75 Å². The smallest absolute Gasteiger partial charge is 0.119 e. The first-order valence-electron chi connectivity index (χ1n) is 11.2. The Morgan fingerprint density at radius 2 is 1.71 bits per heavy atom. The predicted octanol–water partition coefficient (Wildman–Crippen LogP) is 3.06. The third-order valence-corrected chi connectivity index (χ3v) is 6.53. The number of morpholine rings is 1. The molecule has 1 aromatic rings. The zero-order chi connectivity index (χ0) is 19.2. The van der Waals surface area contributed by atoms with Gasteiger partial charge in [-0.15, -0.1) is 0 Å². The molecule has 1 aromatic carbocycles. The van der Waals surface area contributed by atoms with Gasteiger partial charge in [0.15, 0.2) is 0 Å². The average Bonchev–Trinajstić information content (AvgIpc) is 3.16. The number of nitrogens with zero attached hydrogens (tertiary/aromatic N) is 2. The highest BCUT2D eigenvalue weighted by Crippen LogP contribution is 2.36. The number of rotatable bonds is 7. The van der Waals surface area contributed by atoms with E-state index in [9.17, 15) is 5.11 Å². The van der Waals surface area contributed by atoms with Crippen molar-refractivity contribution in [2.24, 2.45) is 0 Å². The number of benzene rings is 1. The summed E-state index contributed by atoms with van der Waals surface area (Å²) in [7, 11) is 0. The molecule has 1 N–H and O–H groups in total. The molecule has 0 bridgehead atoms. The molecule has 0 amide bonds. The van der Waals surface area contributed by atoms with Crippen molar-refractivity contribution < 1.29 is 14.6 Å². The maximum Gasteiger partial charge on any atom is 0.119 e. The predicted molar refractivity (Wildman–Crippen MR) is 111 cm³/mol. The Morgan fingerprint density at radius 3 is 2.46 bits per heavy atom. The molecule has 2 saturated heterocycles. The number of ether oxygens (including phenoxy) is 2. The van der Waals surface area contributed by atoms with Gasteiger partial charge in [0.05, 0.1) is 12.2 Å². The first kappa shape index (κ1) is 20.1. The first-order valence-corrected chi connectivity index (χ1v) is 11.2. The molecule has 5 heteroatoms. The van der Waals surface area contributed by atoms with Crippen LogP contribution in [0.1, 0.15) is 50.5 Å². The van der Waals surface area contributed by atoms with Crippen LogP contribution in [0.15, 0.2) is 24.3 Å².